The number of benzene rings is 1. The van der Waals surface area contributed by atoms with Crippen molar-refractivity contribution in [3.8, 4) is 0 Å². The molecule has 0 spiro atoms. The fourth-order valence-electron chi connectivity index (χ4n) is 3.36. The van der Waals surface area contributed by atoms with E-state index in [1.54, 1.807) is 12.3 Å². The third kappa shape index (κ3) is 1.16. The third-order valence-electron chi connectivity index (χ3n) is 4.10. The van der Waals surface area contributed by atoms with Gasteiger partial charge in [-0.05, 0) is 30.0 Å². The fraction of sp³-hybridized carbons (Fsp3) is 0.267. The molecule has 3 nitrogen and oxygen atoms in total. The van der Waals surface area contributed by atoms with Gasteiger partial charge in [-0.1, -0.05) is 24.3 Å². The van der Waals surface area contributed by atoms with Gasteiger partial charge >= 0.3 is 0 Å². The number of hydrogen-bond donors (Lipinski definition) is 0. The molecule has 3 heterocycles. The molecule has 2 atom stereocenters. The van der Waals surface area contributed by atoms with Crippen LogP contribution in [0.1, 0.15) is 46.4 Å². The lowest BCUT2D eigenvalue weighted by molar-refractivity contribution is 0.0696. The van der Waals surface area contributed by atoms with Gasteiger partial charge in [0.1, 0.15) is 6.26 Å². The fourth-order valence-corrected chi connectivity index (χ4v) is 3.36. The predicted molar refractivity (Wildman–Crippen MR) is 66.0 cm³/mol. The van der Waals surface area contributed by atoms with Gasteiger partial charge in [0.25, 0.3) is 5.91 Å². The van der Waals surface area contributed by atoms with Crippen molar-refractivity contribution in [2.75, 3.05) is 0 Å². The van der Waals surface area contributed by atoms with Crippen LogP contribution in [0.5, 0.6) is 0 Å². The van der Waals surface area contributed by atoms with Crippen molar-refractivity contribution >= 4 is 5.91 Å². The van der Waals surface area contributed by atoms with Crippen LogP contribution in [0.3, 0.4) is 0 Å². The molecule has 1 aromatic carbocycles. The molecule has 1 fully saturated rings. The summed E-state index contributed by atoms with van der Waals surface area (Å²) in [5.41, 5.74) is 3.30. The number of hydrogen-bond acceptors (Lipinski definition) is 2. The minimum atomic E-state index is 0.0902. The summed E-state index contributed by atoms with van der Waals surface area (Å²) in [6.45, 7) is 0. The molecule has 90 valence electrons. The van der Waals surface area contributed by atoms with Crippen LogP contribution >= 0.6 is 0 Å². The highest BCUT2D eigenvalue weighted by Crippen LogP contribution is 2.53. The second-order valence-corrected chi connectivity index (χ2v) is 4.96. The molecule has 2 aliphatic heterocycles. The molecule has 2 aliphatic rings. The first-order chi connectivity index (χ1) is 8.86. The minimum Gasteiger partial charge on any atom is -0.472 e. The molecule has 2 bridgehead atoms. The minimum absolute atomic E-state index is 0.0902. The number of furan rings is 1. The topological polar surface area (TPSA) is 33.5 Å². The number of carbonyl (C=O) groups excluding carboxylic acids is 1. The quantitative estimate of drug-likeness (QED) is 0.765. The second kappa shape index (κ2) is 3.48. The van der Waals surface area contributed by atoms with E-state index in [1.165, 1.54) is 17.4 Å². The lowest BCUT2D eigenvalue weighted by Gasteiger charge is -2.21. The summed E-state index contributed by atoms with van der Waals surface area (Å²) in [4.78, 5) is 14.5. The Bertz CT molecular complexity index is 572. The molecule has 0 aliphatic carbocycles. The summed E-state index contributed by atoms with van der Waals surface area (Å²) in [6.07, 6.45) is 5.24. The molecule has 2 aromatic rings. The molecule has 0 N–H and O–H groups in total. The van der Waals surface area contributed by atoms with Crippen molar-refractivity contribution in [3.05, 3.63) is 59.5 Å². The van der Waals surface area contributed by atoms with E-state index >= 15 is 0 Å². The van der Waals surface area contributed by atoms with Crippen LogP contribution in [-0.4, -0.2) is 10.8 Å². The van der Waals surface area contributed by atoms with Gasteiger partial charge in [0.2, 0.25) is 0 Å². The van der Waals surface area contributed by atoms with Crippen LogP contribution in [-0.2, 0) is 0 Å². The predicted octanol–water partition coefficient (Wildman–Crippen LogP) is 3.31. The van der Waals surface area contributed by atoms with Crippen LogP contribution in [0.4, 0.5) is 0 Å². The first kappa shape index (κ1) is 9.95. The summed E-state index contributed by atoms with van der Waals surface area (Å²) in [5.74, 6) is 0.0902. The first-order valence-electron chi connectivity index (χ1n) is 6.30. The summed E-state index contributed by atoms with van der Waals surface area (Å²) in [7, 11) is 0. The maximum Gasteiger partial charge on any atom is 0.258 e. The Morgan fingerprint density at radius 3 is 2.33 bits per heavy atom. The molecule has 3 heteroatoms. The van der Waals surface area contributed by atoms with Gasteiger partial charge in [-0.3, -0.25) is 4.79 Å². The van der Waals surface area contributed by atoms with E-state index in [1.807, 2.05) is 4.90 Å². The Hall–Kier alpha value is -2.03. The highest BCUT2D eigenvalue weighted by atomic mass is 16.3. The molecule has 18 heavy (non-hydrogen) atoms. The SMILES string of the molecule is O=C(c1ccoc1)N1[C@H]2CC[C@H]1c1ccccc12. The average molecular weight is 239 g/mol. The first-order valence-corrected chi connectivity index (χ1v) is 6.30. The lowest BCUT2D eigenvalue weighted by Crippen LogP contribution is -2.27. The number of rotatable bonds is 1. The zero-order valence-corrected chi connectivity index (χ0v) is 9.87. The summed E-state index contributed by atoms with van der Waals surface area (Å²) >= 11 is 0. The van der Waals surface area contributed by atoms with E-state index in [2.05, 4.69) is 24.3 Å². The molecule has 1 amide bonds. The largest absolute Gasteiger partial charge is 0.472 e. The average Bonchev–Trinajstić information content (AvgIpc) is 3.13. The summed E-state index contributed by atoms with van der Waals surface area (Å²) < 4.78 is 5.02. The zero-order chi connectivity index (χ0) is 12.1. The van der Waals surface area contributed by atoms with E-state index < -0.39 is 0 Å². The smallest absolute Gasteiger partial charge is 0.258 e. The van der Waals surface area contributed by atoms with Gasteiger partial charge in [-0.15, -0.1) is 0 Å². The van der Waals surface area contributed by atoms with Gasteiger partial charge < -0.3 is 9.32 Å². The summed E-state index contributed by atoms with van der Waals surface area (Å²) in [5, 5.41) is 0. The standard InChI is InChI=1S/C15H13NO2/c17-15(10-7-8-18-9-10)16-13-5-6-14(16)12-4-2-1-3-11(12)13/h1-4,7-9,13-14H,5-6H2/t13-,14-/m0/s1. The number of fused-ring (bicyclic) bond motifs is 5. The van der Waals surface area contributed by atoms with Crippen molar-refractivity contribution in [3.63, 3.8) is 0 Å². The third-order valence-corrected chi connectivity index (χ3v) is 4.10. The molecule has 0 saturated carbocycles. The van der Waals surface area contributed by atoms with Gasteiger partial charge in [0.15, 0.2) is 0 Å². The Balaban J connectivity index is 1.76. The molecular formula is C15H13NO2. The van der Waals surface area contributed by atoms with Crippen molar-refractivity contribution in [2.24, 2.45) is 0 Å². The van der Waals surface area contributed by atoms with E-state index in [-0.39, 0.29) is 18.0 Å². The lowest BCUT2D eigenvalue weighted by atomic mass is 9.92. The number of amides is 1. The number of nitrogens with zero attached hydrogens (tertiary/aromatic N) is 1. The Labute approximate surface area is 105 Å². The molecule has 1 aromatic heterocycles. The van der Waals surface area contributed by atoms with Crippen molar-refractivity contribution in [1.82, 2.24) is 4.90 Å². The van der Waals surface area contributed by atoms with Gasteiger partial charge in [0.05, 0.1) is 23.9 Å². The number of carbonyl (C=O) groups is 1. The zero-order valence-electron chi connectivity index (χ0n) is 9.87. The van der Waals surface area contributed by atoms with E-state index in [0.29, 0.717) is 5.56 Å². The van der Waals surface area contributed by atoms with E-state index in [4.69, 9.17) is 4.42 Å². The normalized spacial score (nSPS) is 24.3. The summed E-state index contributed by atoms with van der Waals surface area (Å²) in [6, 6.07) is 10.7. The molecular weight excluding hydrogens is 226 g/mol. The molecule has 1 saturated heterocycles. The highest BCUT2D eigenvalue weighted by molar-refractivity contribution is 5.95. The Kier molecular flexibility index (Phi) is 1.92. The van der Waals surface area contributed by atoms with E-state index in [0.717, 1.165) is 12.8 Å². The van der Waals surface area contributed by atoms with Gasteiger partial charge in [-0.25, -0.2) is 0 Å². The maximum atomic E-state index is 12.5. The van der Waals surface area contributed by atoms with Crippen molar-refractivity contribution < 1.29 is 9.21 Å². The van der Waals surface area contributed by atoms with Gasteiger partial charge in [-0.2, -0.15) is 0 Å². The second-order valence-electron chi connectivity index (χ2n) is 4.96. The highest BCUT2D eigenvalue weighted by Gasteiger charge is 2.46. The molecule has 0 unspecified atom stereocenters. The monoisotopic (exact) mass is 239 g/mol. The van der Waals surface area contributed by atoms with Crippen LogP contribution in [0, 0.1) is 0 Å². The van der Waals surface area contributed by atoms with Crippen LogP contribution < -0.4 is 0 Å². The van der Waals surface area contributed by atoms with Gasteiger partial charge in [0, 0.05) is 0 Å². The maximum absolute atomic E-state index is 12.5. The molecule has 4 rings (SSSR count). The Morgan fingerprint density at radius 1 is 1.11 bits per heavy atom. The van der Waals surface area contributed by atoms with Crippen LogP contribution in [0.2, 0.25) is 0 Å². The van der Waals surface area contributed by atoms with Crippen LogP contribution in [0.25, 0.3) is 0 Å². The van der Waals surface area contributed by atoms with Crippen molar-refractivity contribution in [1.29, 1.82) is 0 Å². The van der Waals surface area contributed by atoms with E-state index in [9.17, 15) is 4.79 Å². The molecule has 0 radical (unpaired) electrons. The van der Waals surface area contributed by atoms with Crippen molar-refractivity contribution in [2.45, 2.75) is 24.9 Å². The van der Waals surface area contributed by atoms with Crippen LogP contribution in [0.15, 0.2) is 47.3 Å². The Morgan fingerprint density at radius 2 is 1.78 bits per heavy atom.